The fraction of sp³-hybridized carbons (Fsp3) is 0.565. The molecule has 0 aliphatic heterocycles. The molecule has 0 fully saturated rings. The molecule has 2 heterocycles. The Morgan fingerprint density at radius 3 is 1.88 bits per heavy atom. The second-order valence-corrected chi connectivity index (χ2v) is 7.16. The van der Waals surface area contributed by atoms with Crippen molar-refractivity contribution >= 4 is 0 Å². The Labute approximate surface area is 155 Å². The number of unbranched alkanes of at least 4 members (excludes halogenated alkanes) is 4. The molecule has 0 aliphatic carbocycles. The van der Waals surface area contributed by atoms with Gasteiger partial charge < -0.3 is 0 Å². The van der Waals surface area contributed by atoms with Crippen molar-refractivity contribution in [3.63, 3.8) is 0 Å². The summed E-state index contributed by atoms with van der Waals surface area (Å²) in [6, 6.07) is 6.45. The van der Waals surface area contributed by atoms with Gasteiger partial charge in [-0.3, -0.25) is 0 Å². The maximum Gasteiger partial charge on any atom is 0.171 e. The number of hydrogen-bond donors (Lipinski definition) is 0. The zero-order chi connectivity index (χ0) is 18.5. The van der Waals surface area contributed by atoms with Gasteiger partial charge in [0.2, 0.25) is 0 Å². The van der Waals surface area contributed by atoms with Gasteiger partial charge in [-0.1, -0.05) is 33.1 Å². The molecule has 0 aromatic carbocycles. The van der Waals surface area contributed by atoms with Gasteiger partial charge in [-0.05, 0) is 39.3 Å². The standard InChI is InChI=1S/C13H22N.C10H16N/c1-4-5-6-7-8-14-10-12(2)9-13(3)11-14;1-3-4-7-11-8-5-6-10(2)9-11/h9-11H,4-8H2,1-3H3;5-6,8-9H,3-4,7H2,1-2H3/q2*+1. The Kier molecular flexibility index (Phi) is 10.8. The summed E-state index contributed by atoms with van der Waals surface area (Å²) in [4.78, 5) is 0. The van der Waals surface area contributed by atoms with E-state index in [1.807, 2.05) is 0 Å². The number of aromatic nitrogens is 2. The smallest absolute Gasteiger partial charge is 0.171 e. The number of nitrogens with zero attached hydrogens (tertiary/aromatic N) is 2. The third-order valence-electron chi connectivity index (χ3n) is 4.24. The highest BCUT2D eigenvalue weighted by Crippen LogP contribution is 2.01. The lowest BCUT2D eigenvalue weighted by Gasteiger charge is -1.99. The summed E-state index contributed by atoms with van der Waals surface area (Å²) in [5.41, 5.74) is 4.06. The van der Waals surface area contributed by atoms with Crippen LogP contribution in [0.2, 0.25) is 0 Å². The Balaban J connectivity index is 0.000000257. The first-order valence-electron chi connectivity index (χ1n) is 9.98. The van der Waals surface area contributed by atoms with Crippen LogP contribution in [0.25, 0.3) is 0 Å². The minimum Gasteiger partial charge on any atom is -0.205 e. The van der Waals surface area contributed by atoms with Crippen molar-refractivity contribution in [2.75, 3.05) is 0 Å². The zero-order valence-electron chi connectivity index (χ0n) is 17.1. The predicted molar refractivity (Wildman–Crippen MR) is 107 cm³/mol. The molecule has 0 aliphatic rings. The number of rotatable bonds is 8. The zero-order valence-corrected chi connectivity index (χ0v) is 17.1. The highest BCUT2D eigenvalue weighted by Gasteiger charge is 2.02. The van der Waals surface area contributed by atoms with Crippen LogP contribution in [0.5, 0.6) is 0 Å². The van der Waals surface area contributed by atoms with Crippen molar-refractivity contribution < 1.29 is 9.13 Å². The van der Waals surface area contributed by atoms with Crippen molar-refractivity contribution in [1.29, 1.82) is 0 Å². The van der Waals surface area contributed by atoms with Crippen LogP contribution in [0.4, 0.5) is 0 Å². The fourth-order valence-corrected chi connectivity index (χ4v) is 2.98. The van der Waals surface area contributed by atoms with E-state index in [1.54, 1.807) is 0 Å². The van der Waals surface area contributed by atoms with Crippen molar-refractivity contribution in [3.8, 4) is 0 Å². The third kappa shape index (κ3) is 10.0. The molecule has 25 heavy (non-hydrogen) atoms. The van der Waals surface area contributed by atoms with Crippen LogP contribution in [-0.2, 0) is 13.1 Å². The molecule has 2 rings (SSSR count). The predicted octanol–water partition coefficient (Wildman–Crippen LogP) is 5.25. The molecule has 2 heteroatoms. The van der Waals surface area contributed by atoms with E-state index in [0.717, 1.165) is 6.54 Å². The molecule has 0 unspecified atom stereocenters. The summed E-state index contributed by atoms with van der Waals surface area (Å²) in [6.45, 7) is 13.2. The Morgan fingerprint density at radius 1 is 0.680 bits per heavy atom. The molecule has 0 saturated carbocycles. The summed E-state index contributed by atoms with van der Waals surface area (Å²) in [7, 11) is 0. The molecule has 0 radical (unpaired) electrons. The molecular formula is C23H38N2+2. The molecule has 2 nitrogen and oxygen atoms in total. The second kappa shape index (κ2) is 12.6. The molecule has 0 bridgehead atoms. The van der Waals surface area contributed by atoms with Gasteiger partial charge in [-0.15, -0.1) is 0 Å². The van der Waals surface area contributed by atoms with Gasteiger partial charge in [-0.2, -0.15) is 0 Å². The lowest BCUT2D eigenvalue weighted by atomic mass is 10.2. The normalized spacial score (nSPS) is 10.3. The van der Waals surface area contributed by atoms with E-state index in [1.165, 1.54) is 61.8 Å². The SMILES string of the molecule is CCCCCC[n+]1cc(C)cc(C)c1.CCCC[n+]1cccc(C)c1. The van der Waals surface area contributed by atoms with E-state index in [-0.39, 0.29) is 0 Å². The maximum atomic E-state index is 2.32. The van der Waals surface area contributed by atoms with E-state index < -0.39 is 0 Å². The summed E-state index contributed by atoms with van der Waals surface area (Å²) >= 11 is 0. The molecule has 2 aromatic rings. The van der Waals surface area contributed by atoms with Crippen molar-refractivity contribution in [2.24, 2.45) is 0 Å². The second-order valence-electron chi connectivity index (χ2n) is 7.16. The topological polar surface area (TPSA) is 7.76 Å². The van der Waals surface area contributed by atoms with Crippen molar-refractivity contribution in [1.82, 2.24) is 0 Å². The molecule has 0 saturated heterocycles. The largest absolute Gasteiger partial charge is 0.205 e. The molecule has 0 N–H and O–H groups in total. The van der Waals surface area contributed by atoms with Gasteiger partial charge in [-0.25, -0.2) is 9.13 Å². The quantitative estimate of drug-likeness (QED) is 0.457. The van der Waals surface area contributed by atoms with Crippen LogP contribution in [0.15, 0.2) is 43.0 Å². The van der Waals surface area contributed by atoms with Gasteiger partial charge in [0.25, 0.3) is 0 Å². The average Bonchev–Trinajstić information content (AvgIpc) is 2.57. The first-order chi connectivity index (χ1) is 12.0. The summed E-state index contributed by atoms with van der Waals surface area (Å²) < 4.78 is 4.57. The minimum atomic E-state index is 1.15. The van der Waals surface area contributed by atoms with Crippen molar-refractivity contribution in [3.05, 3.63) is 59.7 Å². The Hall–Kier alpha value is -1.70. The van der Waals surface area contributed by atoms with Crippen LogP contribution < -0.4 is 9.13 Å². The van der Waals surface area contributed by atoms with E-state index >= 15 is 0 Å². The monoisotopic (exact) mass is 342 g/mol. The average molecular weight is 343 g/mol. The molecule has 138 valence electrons. The summed E-state index contributed by atoms with van der Waals surface area (Å²) in [5, 5.41) is 0. The molecule has 0 atom stereocenters. The Bertz CT molecular complexity index is 585. The fourth-order valence-electron chi connectivity index (χ4n) is 2.98. The molecular weight excluding hydrogens is 304 g/mol. The van der Waals surface area contributed by atoms with Gasteiger partial charge in [0.1, 0.15) is 13.1 Å². The van der Waals surface area contributed by atoms with Crippen LogP contribution in [0.3, 0.4) is 0 Å². The minimum absolute atomic E-state index is 1.15. The highest BCUT2D eigenvalue weighted by atomic mass is 14.9. The summed E-state index contributed by atoms with van der Waals surface area (Å²) in [6.07, 6.45) is 16.7. The summed E-state index contributed by atoms with van der Waals surface area (Å²) in [5.74, 6) is 0. The number of aryl methyl sites for hydroxylation is 5. The Morgan fingerprint density at radius 2 is 1.28 bits per heavy atom. The first kappa shape index (κ1) is 21.3. The van der Waals surface area contributed by atoms with Gasteiger partial charge in [0.15, 0.2) is 24.8 Å². The maximum absolute atomic E-state index is 2.32. The van der Waals surface area contributed by atoms with Crippen LogP contribution in [0.1, 0.15) is 69.1 Å². The lowest BCUT2D eigenvalue weighted by Crippen LogP contribution is -2.33. The lowest BCUT2D eigenvalue weighted by molar-refractivity contribution is -0.698. The highest BCUT2D eigenvalue weighted by molar-refractivity contribution is 5.11. The van der Waals surface area contributed by atoms with Crippen LogP contribution in [0, 0.1) is 20.8 Å². The molecule has 2 aromatic heterocycles. The molecule has 0 spiro atoms. The molecule has 0 amide bonds. The van der Waals surface area contributed by atoms with E-state index in [2.05, 4.69) is 86.7 Å². The van der Waals surface area contributed by atoms with E-state index in [9.17, 15) is 0 Å². The van der Waals surface area contributed by atoms with Crippen molar-refractivity contribution in [2.45, 2.75) is 86.2 Å². The number of pyridine rings is 2. The van der Waals surface area contributed by atoms with E-state index in [4.69, 9.17) is 0 Å². The first-order valence-corrected chi connectivity index (χ1v) is 9.98. The third-order valence-corrected chi connectivity index (χ3v) is 4.24. The van der Waals surface area contributed by atoms with Crippen LogP contribution in [-0.4, -0.2) is 0 Å². The van der Waals surface area contributed by atoms with Gasteiger partial charge in [0.05, 0.1) is 0 Å². The van der Waals surface area contributed by atoms with Gasteiger partial charge in [0, 0.05) is 35.6 Å². The number of hydrogen-bond acceptors (Lipinski definition) is 0. The van der Waals surface area contributed by atoms with E-state index in [0.29, 0.717) is 0 Å². The van der Waals surface area contributed by atoms with Gasteiger partial charge >= 0.3 is 0 Å². The van der Waals surface area contributed by atoms with Crippen LogP contribution >= 0.6 is 0 Å².